The largest absolute Gasteiger partial charge is 0.493 e. The number of carboxylic acid groups (broad SMARTS) is 1. The van der Waals surface area contributed by atoms with Crippen molar-refractivity contribution in [3.05, 3.63) is 35.4 Å². The molecule has 42 heteroatoms. The molecule has 13 rings (SSSR count). The molecule has 4 saturated carbocycles. The van der Waals surface area contributed by atoms with E-state index in [4.69, 9.17) is 90.0 Å². The molecule has 11 fully saturated rings. The Morgan fingerprint density at radius 1 is 0.528 bits per heavy atom. The zero-order valence-electron chi connectivity index (χ0n) is 71.3. The number of aliphatic hydroxyl groups excluding tert-OH is 17. The molecular weight excluding hydrogens is 1670 g/mol. The molecule has 0 spiro atoms. The van der Waals surface area contributed by atoms with Gasteiger partial charge in [-0.1, -0.05) is 39.3 Å². The number of hydrogen-bond acceptors (Lipinski definition) is 41. The van der Waals surface area contributed by atoms with E-state index in [0.717, 1.165) is 13.0 Å². The van der Waals surface area contributed by atoms with Crippen molar-refractivity contribution in [3.63, 3.8) is 0 Å². The molecule has 42 nitrogen and oxygen atoms in total. The predicted molar refractivity (Wildman–Crippen MR) is 413 cm³/mol. The third kappa shape index (κ3) is 17.7. The molecule has 0 amide bonds. The highest BCUT2D eigenvalue weighted by Gasteiger charge is 2.75. The van der Waals surface area contributed by atoms with Gasteiger partial charge < -0.3 is 187 Å². The number of ether oxygens (including phenoxy) is 19. The van der Waals surface area contributed by atoms with Gasteiger partial charge in [0.2, 0.25) is 12.0 Å². The maximum absolute atomic E-state index is 16.8. The monoisotopic (exact) mass is 1790 g/mol. The van der Waals surface area contributed by atoms with Crippen LogP contribution in [0.5, 0.6) is 17.2 Å². The summed E-state index contributed by atoms with van der Waals surface area (Å²) in [7, 11) is 4.11. The van der Waals surface area contributed by atoms with Gasteiger partial charge in [-0.05, 0) is 136 Å². The molecule has 41 atom stereocenters. The average Bonchev–Trinajstić information content (AvgIpc) is 1.02. The number of aliphatic hydroxyl groups is 18. The van der Waals surface area contributed by atoms with Crippen LogP contribution >= 0.6 is 0 Å². The fraction of sp³-hybridized carbons (Fsp3) is 0.831. The Kier molecular flexibility index (Phi) is 29.4. The summed E-state index contributed by atoms with van der Waals surface area (Å²) in [6.45, 7) is 8.06. The van der Waals surface area contributed by atoms with Crippen LogP contribution in [0.3, 0.4) is 0 Å². The molecule has 0 bridgehead atoms. The van der Waals surface area contributed by atoms with Crippen molar-refractivity contribution in [2.75, 3.05) is 67.6 Å². The quantitative estimate of drug-likeness (QED) is 0.0136. The Morgan fingerprint density at radius 3 is 1.70 bits per heavy atom. The molecule has 1 aromatic carbocycles. The molecule has 19 N–H and O–H groups in total. The number of allylic oxidation sites excluding steroid dienone is 1. The molecular formula is C83H124O42. The van der Waals surface area contributed by atoms with Crippen LogP contribution < -0.4 is 14.2 Å². The number of fused-ring (bicyclic) bond motifs is 7. The van der Waals surface area contributed by atoms with Gasteiger partial charge in [-0.15, -0.1) is 0 Å². The van der Waals surface area contributed by atoms with Gasteiger partial charge >= 0.3 is 23.9 Å². The summed E-state index contributed by atoms with van der Waals surface area (Å²) < 4.78 is 116. The number of hydrogen-bond donors (Lipinski definition) is 19. The summed E-state index contributed by atoms with van der Waals surface area (Å²) >= 11 is 0. The first-order chi connectivity index (χ1) is 58.9. The number of carbonyl (C=O) groups excluding carboxylic acids is 3. The molecule has 708 valence electrons. The lowest BCUT2D eigenvalue weighted by molar-refractivity contribution is -0.399. The van der Waals surface area contributed by atoms with Gasteiger partial charge in [-0.25, -0.2) is 4.79 Å². The van der Waals surface area contributed by atoms with Crippen molar-refractivity contribution >= 4 is 30.0 Å². The third-order valence-corrected chi connectivity index (χ3v) is 29.2. The second-order valence-electron chi connectivity index (χ2n) is 37.1. The van der Waals surface area contributed by atoms with Crippen molar-refractivity contribution in [2.45, 2.75) is 315 Å². The summed E-state index contributed by atoms with van der Waals surface area (Å²) in [6.07, 6.45) is -55.0. The van der Waals surface area contributed by atoms with Crippen LogP contribution in [0.25, 0.3) is 6.08 Å². The van der Waals surface area contributed by atoms with E-state index in [9.17, 15) is 111 Å². The second kappa shape index (κ2) is 37.8. The molecule has 1 aromatic rings. The van der Waals surface area contributed by atoms with Crippen molar-refractivity contribution in [1.82, 2.24) is 0 Å². The van der Waals surface area contributed by atoms with Crippen LogP contribution in [0.1, 0.15) is 119 Å². The van der Waals surface area contributed by atoms with Gasteiger partial charge in [0.1, 0.15) is 134 Å². The first kappa shape index (κ1) is 97.3. The van der Waals surface area contributed by atoms with Crippen LogP contribution in [-0.4, -0.2) is 391 Å². The molecule has 5 aliphatic carbocycles. The van der Waals surface area contributed by atoms with E-state index in [-0.39, 0.29) is 62.2 Å². The van der Waals surface area contributed by atoms with Gasteiger partial charge in [0.15, 0.2) is 61.4 Å². The zero-order valence-corrected chi connectivity index (χ0v) is 71.3. The predicted octanol–water partition coefficient (Wildman–Crippen LogP) is -4.72. The Morgan fingerprint density at radius 2 is 1.09 bits per heavy atom. The van der Waals surface area contributed by atoms with Gasteiger partial charge in [-0.2, -0.15) is 0 Å². The minimum absolute atomic E-state index is 0.00657. The van der Waals surface area contributed by atoms with E-state index in [1.54, 1.807) is 0 Å². The number of rotatable bonds is 26. The SMILES string of the molecule is COc1cc(/C=C/C(=O)O[C@@H]2[C@H](O[C@@H]3O[C@H](COC(C)=O)[C@@H](O)[C@H](O)[C@H]3O)[C@@H](O[C@@H]3O[C@@H](C)[C@H](O[C@@H]4OC[C@@H](O)[C@H](O[C@@H]5OC[C@H](O)[C@H](O)[C@H]5O)[C@H]4O)[C@@H](O[C@@H]4OC[C@](O)(CO)[C@H]4O)[C@H]3O)[C@H](OC(=O)[C@]34CCC(C)(C)C[C@H]3C3=CC[C@@H]5[C@@]6(C)C[C@H](O)[C@H](O[C@@H]7O[C@H](CO)[C@@H](O)[C@H](O)[C@H]7O)[C@@](C)(C(=O)O)[C@@H]6CC[C@@]5(C)[C@]3(CO)CC4)O[C@@H]2C)cc(OC)c1OC. The van der Waals surface area contributed by atoms with Gasteiger partial charge in [0, 0.05) is 18.4 Å². The van der Waals surface area contributed by atoms with Crippen molar-refractivity contribution < 1.29 is 206 Å². The minimum atomic E-state index is -2.40. The van der Waals surface area contributed by atoms with E-state index in [0.29, 0.717) is 24.0 Å². The van der Waals surface area contributed by atoms with E-state index >= 15 is 4.79 Å². The fourth-order valence-electron chi connectivity index (χ4n) is 22.1. The number of methoxy groups -OCH3 is 3. The van der Waals surface area contributed by atoms with E-state index in [1.807, 2.05) is 33.8 Å². The molecule has 0 aromatic heterocycles. The average molecular weight is 1790 g/mol. The van der Waals surface area contributed by atoms with Crippen LogP contribution in [0.2, 0.25) is 0 Å². The number of carboxylic acids is 1. The van der Waals surface area contributed by atoms with Crippen molar-refractivity contribution in [2.24, 2.45) is 50.2 Å². The molecule has 0 unspecified atom stereocenters. The lowest BCUT2D eigenvalue weighted by Crippen LogP contribution is -2.71. The normalized spacial score (nSPS) is 47.9. The first-order valence-electron chi connectivity index (χ1n) is 42.4. The smallest absolute Gasteiger partial charge is 0.331 e. The van der Waals surface area contributed by atoms with Crippen LogP contribution in [0.4, 0.5) is 0 Å². The molecule has 125 heavy (non-hydrogen) atoms. The summed E-state index contributed by atoms with van der Waals surface area (Å²) in [5.74, 6) is -5.80. The minimum Gasteiger partial charge on any atom is -0.493 e. The highest BCUT2D eigenvalue weighted by atomic mass is 16.8. The Hall–Kier alpha value is -5.26. The van der Waals surface area contributed by atoms with Crippen molar-refractivity contribution in [1.29, 1.82) is 0 Å². The molecule has 7 aliphatic heterocycles. The van der Waals surface area contributed by atoms with E-state index < -0.39 is 323 Å². The lowest BCUT2D eigenvalue weighted by atomic mass is 9.33. The van der Waals surface area contributed by atoms with E-state index in [2.05, 4.69) is 0 Å². The topological polar surface area (TPSA) is 628 Å². The molecule has 7 heterocycles. The number of benzene rings is 1. The Labute approximate surface area is 719 Å². The van der Waals surface area contributed by atoms with Gasteiger partial charge in [0.25, 0.3) is 0 Å². The zero-order chi connectivity index (χ0) is 91.2. The highest BCUT2D eigenvalue weighted by Crippen LogP contribution is 2.76. The molecule has 0 radical (unpaired) electrons. The summed E-state index contributed by atoms with van der Waals surface area (Å²) in [4.78, 5) is 58.1. The molecule has 7 saturated heterocycles. The first-order valence-corrected chi connectivity index (χ1v) is 42.4. The van der Waals surface area contributed by atoms with Gasteiger partial charge in [0.05, 0.1) is 90.1 Å². The van der Waals surface area contributed by atoms with E-state index in [1.165, 1.54) is 60.3 Å². The summed E-state index contributed by atoms with van der Waals surface area (Å²) in [6, 6.07) is 3.01. The number of carbonyl (C=O) groups is 4. The van der Waals surface area contributed by atoms with Crippen molar-refractivity contribution in [3.8, 4) is 17.2 Å². The standard InChI is InChI=1S/C83H124O42/c1-33-59(119-69-57(100)61(41(90)28-112-69)120-68-54(97)49(92)40(89)27-111-68)63(121-74-66(102)83(106,31-86)32-113-74)58(101)72(114-33)123-65-64(122-70-55(98)53(96)51(94)45(117-70)29-110-35(3)87)60(118-48(91)15-12-36-22-42(107-9)62(109-11)43(23-36)108-10)34(2)115-73(65)125-76(105)81-19-18-77(4,5)24-38(81)37-13-14-46-78(6)25-39(88)67(124-71-56(99)52(95)50(93)44(26-84)116-71)80(8,75(103)104)47(78)16-17-79(46,7)82(37,30-85)21-20-81/h12-13,15,22-23,33-34,38-41,44-47,49-61,63-74,84-86,88-90,92-102,106H,14,16-21,24-32H2,1-11H3,(H,103,104)/b15-12+/t33-,34+,38-,39-,40-,41+,44+,45+,46+,47+,49-,50+,51+,52-,53-,54+,55+,56+,57+,58+,59-,60-,61-,63-,64-,65+,66-,67-,68-,69-,70-,71-,72-,73-,74-,78+,79+,80-,81-,82-,83+/m0/s1. The second-order valence-corrected chi connectivity index (χ2v) is 37.1. The molecule has 12 aliphatic rings. The maximum atomic E-state index is 16.8. The summed E-state index contributed by atoms with van der Waals surface area (Å²) in [5.41, 5.74) is -8.61. The fourth-order valence-corrected chi connectivity index (χ4v) is 22.1. The lowest BCUT2D eigenvalue weighted by Gasteiger charge is -2.71. The third-order valence-electron chi connectivity index (χ3n) is 29.2. The Balaban J connectivity index is 0.884. The van der Waals surface area contributed by atoms with Crippen LogP contribution in [-0.2, 0) is 95.0 Å². The van der Waals surface area contributed by atoms with Crippen LogP contribution in [0.15, 0.2) is 29.9 Å². The highest BCUT2D eigenvalue weighted by molar-refractivity contribution is 5.87. The number of aliphatic carboxylic acids is 1. The van der Waals surface area contributed by atoms with Gasteiger partial charge in [-0.3, -0.25) is 14.4 Å². The maximum Gasteiger partial charge on any atom is 0.331 e. The number of esters is 3. The summed E-state index contributed by atoms with van der Waals surface area (Å²) in [5, 5.41) is 215. The Bertz CT molecular complexity index is 3960. The van der Waals surface area contributed by atoms with Crippen LogP contribution in [0, 0.1) is 50.2 Å².